The summed E-state index contributed by atoms with van der Waals surface area (Å²) in [5, 5.41) is 11.0. The van der Waals surface area contributed by atoms with E-state index in [4.69, 9.17) is 4.74 Å². The topological polar surface area (TPSA) is 49.8 Å². The maximum Gasteiger partial charge on any atom is 0.342 e. The van der Waals surface area contributed by atoms with Crippen molar-refractivity contribution in [1.82, 2.24) is 4.90 Å². The lowest BCUT2D eigenvalue weighted by atomic mass is 9.83. The van der Waals surface area contributed by atoms with Gasteiger partial charge in [-0.05, 0) is 57.2 Å². The summed E-state index contributed by atoms with van der Waals surface area (Å²) in [6, 6.07) is 0. The van der Waals surface area contributed by atoms with Crippen molar-refractivity contribution >= 4 is 5.97 Å². The van der Waals surface area contributed by atoms with Crippen LogP contribution in [0.4, 0.5) is 0 Å². The van der Waals surface area contributed by atoms with Gasteiger partial charge in [-0.15, -0.1) is 0 Å². The standard InChI is InChI=1S/C18H29NO3/c1-2-3-10-18(21,15-6-4-5-7-15)17(20)22-16-13-19-11-8-14(16)9-12-19/h3,10,14-16,21H,2,4-9,11-13H2,1H3/b10-3-. The number of aliphatic hydroxyl groups is 1. The van der Waals surface area contributed by atoms with Crippen LogP contribution in [0.5, 0.6) is 0 Å². The van der Waals surface area contributed by atoms with E-state index in [1.54, 1.807) is 6.08 Å². The molecule has 124 valence electrons. The van der Waals surface area contributed by atoms with E-state index in [1.165, 1.54) is 0 Å². The molecule has 1 saturated carbocycles. The van der Waals surface area contributed by atoms with Gasteiger partial charge < -0.3 is 9.84 Å². The number of piperidine rings is 3. The smallest absolute Gasteiger partial charge is 0.342 e. The lowest BCUT2D eigenvalue weighted by molar-refractivity contribution is -0.180. The van der Waals surface area contributed by atoms with Gasteiger partial charge in [-0.3, -0.25) is 4.90 Å². The van der Waals surface area contributed by atoms with Crippen LogP contribution in [0, 0.1) is 11.8 Å². The predicted molar refractivity (Wildman–Crippen MR) is 85.4 cm³/mol. The zero-order valence-corrected chi connectivity index (χ0v) is 13.7. The van der Waals surface area contributed by atoms with Crippen molar-refractivity contribution in [2.24, 2.45) is 11.8 Å². The Labute approximate surface area is 133 Å². The summed E-state index contributed by atoms with van der Waals surface area (Å²) < 4.78 is 5.82. The van der Waals surface area contributed by atoms with Crippen LogP contribution in [-0.4, -0.2) is 47.3 Å². The number of ether oxygens (including phenoxy) is 1. The molecule has 2 bridgehead atoms. The van der Waals surface area contributed by atoms with E-state index >= 15 is 0 Å². The van der Waals surface area contributed by atoms with E-state index in [2.05, 4.69) is 4.90 Å². The Morgan fingerprint density at radius 2 is 1.95 bits per heavy atom. The van der Waals surface area contributed by atoms with Gasteiger partial charge in [0.15, 0.2) is 5.60 Å². The summed E-state index contributed by atoms with van der Waals surface area (Å²) in [5.74, 6) is 0.0867. The van der Waals surface area contributed by atoms with Crippen LogP contribution >= 0.6 is 0 Å². The first-order valence-corrected chi connectivity index (χ1v) is 8.97. The fourth-order valence-corrected chi connectivity index (χ4v) is 4.31. The normalized spacial score (nSPS) is 34.9. The average Bonchev–Trinajstić information content (AvgIpc) is 3.08. The first kappa shape index (κ1) is 16.0. The first-order valence-electron chi connectivity index (χ1n) is 8.97. The molecule has 1 aliphatic carbocycles. The van der Waals surface area contributed by atoms with Crippen LogP contribution < -0.4 is 0 Å². The minimum atomic E-state index is -1.42. The number of carbonyl (C=O) groups excluding carboxylic acids is 1. The Morgan fingerprint density at radius 3 is 2.50 bits per heavy atom. The van der Waals surface area contributed by atoms with E-state index in [1.807, 2.05) is 13.0 Å². The second-order valence-electron chi connectivity index (χ2n) is 7.20. The monoisotopic (exact) mass is 307 g/mol. The molecule has 0 aromatic carbocycles. The van der Waals surface area contributed by atoms with Crippen molar-refractivity contribution in [1.29, 1.82) is 0 Å². The summed E-state index contributed by atoms with van der Waals surface area (Å²) in [7, 11) is 0. The molecule has 4 heteroatoms. The Morgan fingerprint density at radius 1 is 1.27 bits per heavy atom. The second-order valence-corrected chi connectivity index (χ2v) is 7.20. The van der Waals surface area contributed by atoms with Gasteiger partial charge in [0, 0.05) is 12.5 Å². The Bertz CT molecular complexity index is 422. The maximum absolute atomic E-state index is 12.8. The molecule has 4 aliphatic rings. The molecule has 22 heavy (non-hydrogen) atoms. The lowest BCUT2D eigenvalue weighted by Gasteiger charge is -2.44. The molecule has 1 N–H and O–H groups in total. The summed E-state index contributed by atoms with van der Waals surface area (Å²) in [5.41, 5.74) is -1.42. The molecule has 3 heterocycles. The number of hydrogen-bond donors (Lipinski definition) is 1. The van der Waals surface area contributed by atoms with Crippen LogP contribution in [-0.2, 0) is 9.53 Å². The van der Waals surface area contributed by atoms with Crippen LogP contribution in [0.25, 0.3) is 0 Å². The van der Waals surface area contributed by atoms with Gasteiger partial charge in [0.25, 0.3) is 0 Å². The molecule has 0 spiro atoms. The molecule has 3 saturated heterocycles. The van der Waals surface area contributed by atoms with E-state index in [0.717, 1.165) is 64.6 Å². The fraction of sp³-hybridized carbons (Fsp3) is 0.833. The molecule has 0 radical (unpaired) electrons. The maximum atomic E-state index is 12.8. The summed E-state index contributed by atoms with van der Waals surface area (Å²) in [4.78, 5) is 15.1. The van der Waals surface area contributed by atoms with Gasteiger partial charge in [-0.1, -0.05) is 25.8 Å². The van der Waals surface area contributed by atoms with Crippen LogP contribution in [0.15, 0.2) is 12.2 Å². The van der Waals surface area contributed by atoms with Crippen molar-refractivity contribution < 1.29 is 14.6 Å². The van der Waals surface area contributed by atoms with E-state index in [0.29, 0.717) is 5.92 Å². The van der Waals surface area contributed by atoms with E-state index in [9.17, 15) is 9.90 Å². The second kappa shape index (κ2) is 6.71. The first-order chi connectivity index (χ1) is 10.6. The third kappa shape index (κ3) is 3.09. The Hall–Kier alpha value is -0.870. The van der Waals surface area contributed by atoms with Crippen molar-refractivity contribution in [3.8, 4) is 0 Å². The van der Waals surface area contributed by atoms with Crippen molar-refractivity contribution in [3.63, 3.8) is 0 Å². The number of nitrogens with zero attached hydrogens (tertiary/aromatic N) is 1. The zero-order valence-electron chi connectivity index (χ0n) is 13.7. The molecule has 4 rings (SSSR count). The summed E-state index contributed by atoms with van der Waals surface area (Å²) >= 11 is 0. The molecule has 4 nitrogen and oxygen atoms in total. The predicted octanol–water partition coefficient (Wildman–Crippen LogP) is 2.51. The average molecular weight is 307 g/mol. The molecule has 3 aliphatic heterocycles. The SMILES string of the molecule is CC/C=C\C(O)(C(=O)OC1CN2CCC1CC2)C1CCCC1. The Kier molecular flexibility index (Phi) is 4.88. The van der Waals surface area contributed by atoms with Gasteiger partial charge >= 0.3 is 5.97 Å². The van der Waals surface area contributed by atoms with Gasteiger partial charge in [0.05, 0.1) is 0 Å². The zero-order chi connectivity index (χ0) is 15.6. The van der Waals surface area contributed by atoms with Gasteiger partial charge in [0.2, 0.25) is 0 Å². The number of fused-ring (bicyclic) bond motifs is 3. The molecular weight excluding hydrogens is 278 g/mol. The van der Waals surface area contributed by atoms with Gasteiger partial charge in [-0.2, -0.15) is 0 Å². The molecular formula is C18H29NO3. The minimum Gasteiger partial charge on any atom is -0.458 e. The lowest BCUT2D eigenvalue weighted by Crippen LogP contribution is -2.54. The Balaban J connectivity index is 1.70. The summed E-state index contributed by atoms with van der Waals surface area (Å²) in [6.45, 7) is 5.11. The highest BCUT2D eigenvalue weighted by atomic mass is 16.6. The largest absolute Gasteiger partial charge is 0.458 e. The van der Waals surface area contributed by atoms with Gasteiger partial charge in [0.1, 0.15) is 6.10 Å². The highest BCUT2D eigenvalue weighted by molar-refractivity contribution is 5.82. The fourth-order valence-electron chi connectivity index (χ4n) is 4.31. The number of esters is 1. The number of rotatable bonds is 5. The van der Waals surface area contributed by atoms with Crippen LogP contribution in [0.1, 0.15) is 51.9 Å². The number of allylic oxidation sites excluding steroid dienone is 1. The number of hydrogen-bond acceptors (Lipinski definition) is 4. The molecule has 0 amide bonds. The minimum absolute atomic E-state index is 0.0175. The third-order valence-electron chi connectivity index (χ3n) is 5.77. The highest BCUT2D eigenvalue weighted by Gasteiger charge is 2.46. The molecule has 2 atom stereocenters. The molecule has 2 unspecified atom stereocenters. The van der Waals surface area contributed by atoms with E-state index in [-0.39, 0.29) is 12.0 Å². The number of carbonyl (C=O) groups is 1. The molecule has 4 fully saturated rings. The van der Waals surface area contributed by atoms with Crippen molar-refractivity contribution in [2.45, 2.75) is 63.6 Å². The summed E-state index contributed by atoms with van der Waals surface area (Å²) in [6.07, 6.45) is 10.7. The third-order valence-corrected chi connectivity index (χ3v) is 5.77. The molecule has 0 aromatic heterocycles. The van der Waals surface area contributed by atoms with Crippen LogP contribution in [0.2, 0.25) is 0 Å². The van der Waals surface area contributed by atoms with Crippen molar-refractivity contribution in [3.05, 3.63) is 12.2 Å². The van der Waals surface area contributed by atoms with E-state index < -0.39 is 11.6 Å². The molecule has 0 aromatic rings. The highest BCUT2D eigenvalue weighted by Crippen LogP contribution is 2.37. The van der Waals surface area contributed by atoms with Crippen molar-refractivity contribution in [2.75, 3.05) is 19.6 Å². The van der Waals surface area contributed by atoms with Gasteiger partial charge in [-0.25, -0.2) is 4.79 Å². The quantitative estimate of drug-likeness (QED) is 0.626. The van der Waals surface area contributed by atoms with Crippen LogP contribution in [0.3, 0.4) is 0 Å².